The van der Waals surface area contributed by atoms with Crippen molar-refractivity contribution in [2.45, 2.75) is 23.8 Å². The first-order chi connectivity index (χ1) is 8.00. The largest absolute Gasteiger partial charge is 0.480 e. The van der Waals surface area contributed by atoms with Gasteiger partial charge < -0.3 is 10.8 Å². The molecule has 5 heteroatoms. The SMILES string of the molecule is CC(SC(Cc1ccccc1)C(=O)O)C(N)=O. The van der Waals surface area contributed by atoms with E-state index in [1.807, 2.05) is 30.3 Å². The lowest BCUT2D eigenvalue weighted by Gasteiger charge is -2.15. The molecule has 0 heterocycles. The normalized spacial score (nSPS) is 13.9. The zero-order chi connectivity index (χ0) is 12.8. The van der Waals surface area contributed by atoms with Crippen molar-refractivity contribution in [2.75, 3.05) is 0 Å². The molecule has 0 spiro atoms. The molecule has 3 N–H and O–H groups in total. The van der Waals surface area contributed by atoms with Crippen LogP contribution in [-0.2, 0) is 16.0 Å². The van der Waals surface area contributed by atoms with Crippen LogP contribution in [0, 0.1) is 0 Å². The highest BCUT2D eigenvalue weighted by Crippen LogP contribution is 2.21. The third-order valence-corrected chi connectivity index (χ3v) is 3.65. The van der Waals surface area contributed by atoms with Gasteiger partial charge in [-0.3, -0.25) is 9.59 Å². The maximum Gasteiger partial charge on any atom is 0.316 e. The number of hydrogen-bond donors (Lipinski definition) is 2. The van der Waals surface area contributed by atoms with Crippen LogP contribution < -0.4 is 5.73 Å². The van der Waals surface area contributed by atoms with Gasteiger partial charge in [0, 0.05) is 0 Å². The quantitative estimate of drug-likeness (QED) is 0.800. The summed E-state index contributed by atoms with van der Waals surface area (Å²) < 4.78 is 0. The Morgan fingerprint density at radius 2 is 1.94 bits per heavy atom. The van der Waals surface area contributed by atoms with Crippen molar-refractivity contribution in [3.8, 4) is 0 Å². The molecule has 0 aromatic heterocycles. The van der Waals surface area contributed by atoms with Crippen molar-refractivity contribution >= 4 is 23.6 Å². The summed E-state index contributed by atoms with van der Waals surface area (Å²) in [7, 11) is 0. The van der Waals surface area contributed by atoms with E-state index >= 15 is 0 Å². The number of rotatable bonds is 6. The van der Waals surface area contributed by atoms with Gasteiger partial charge in [-0.05, 0) is 18.9 Å². The number of carbonyl (C=O) groups is 2. The Labute approximate surface area is 104 Å². The van der Waals surface area contributed by atoms with Gasteiger partial charge >= 0.3 is 5.97 Å². The van der Waals surface area contributed by atoms with Crippen molar-refractivity contribution in [1.29, 1.82) is 0 Å². The number of carboxylic acid groups (broad SMARTS) is 1. The minimum Gasteiger partial charge on any atom is -0.480 e. The van der Waals surface area contributed by atoms with E-state index in [0.29, 0.717) is 6.42 Å². The van der Waals surface area contributed by atoms with Crippen LogP contribution in [0.5, 0.6) is 0 Å². The Balaban J connectivity index is 2.67. The zero-order valence-corrected chi connectivity index (χ0v) is 10.3. The molecule has 1 amide bonds. The first-order valence-corrected chi connectivity index (χ1v) is 6.16. The lowest BCUT2D eigenvalue weighted by atomic mass is 10.1. The van der Waals surface area contributed by atoms with Crippen molar-refractivity contribution < 1.29 is 14.7 Å². The van der Waals surface area contributed by atoms with Crippen LogP contribution in [0.2, 0.25) is 0 Å². The molecule has 0 aliphatic rings. The first kappa shape index (κ1) is 13.6. The van der Waals surface area contributed by atoms with E-state index in [2.05, 4.69) is 0 Å². The highest BCUT2D eigenvalue weighted by atomic mass is 32.2. The number of carbonyl (C=O) groups excluding carboxylic acids is 1. The molecule has 0 saturated carbocycles. The summed E-state index contributed by atoms with van der Waals surface area (Å²) in [4.78, 5) is 22.0. The molecule has 2 unspecified atom stereocenters. The van der Waals surface area contributed by atoms with Gasteiger partial charge in [0.1, 0.15) is 5.25 Å². The number of hydrogen-bond acceptors (Lipinski definition) is 3. The Morgan fingerprint density at radius 3 is 2.41 bits per heavy atom. The van der Waals surface area contributed by atoms with Crippen LogP contribution in [0.1, 0.15) is 12.5 Å². The minimum atomic E-state index is -0.924. The van der Waals surface area contributed by atoms with Crippen LogP contribution in [0.4, 0.5) is 0 Å². The van der Waals surface area contributed by atoms with Crippen molar-refractivity contribution in [2.24, 2.45) is 5.73 Å². The molecule has 0 radical (unpaired) electrons. The molecule has 0 bridgehead atoms. The highest BCUT2D eigenvalue weighted by molar-refractivity contribution is 8.01. The fourth-order valence-electron chi connectivity index (χ4n) is 1.34. The van der Waals surface area contributed by atoms with Gasteiger partial charge in [-0.15, -0.1) is 11.8 Å². The maximum atomic E-state index is 11.1. The number of aliphatic carboxylic acids is 1. The van der Waals surface area contributed by atoms with E-state index in [-0.39, 0.29) is 0 Å². The number of benzene rings is 1. The lowest BCUT2D eigenvalue weighted by Crippen LogP contribution is -2.29. The average molecular weight is 253 g/mol. The summed E-state index contributed by atoms with van der Waals surface area (Å²) in [5.41, 5.74) is 6.06. The molecule has 17 heavy (non-hydrogen) atoms. The predicted octanol–water partition coefficient (Wildman–Crippen LogP) is 1.29. The molecule has 1 aromatic carbocycles. The van der Waals surface area contributed by atoms with E-state index in [4.69, 9.17) is 10.8 Å². The summed E-state index contributed by atoms with van der Waals surface area (Å²) in [6, 6.07) is 9.32. The van der Waals surface area contributed by atoms with Crippen molar-refractivity contribution in [1.82, 2.24) is 0 Å². The summed E-state index contributed by atoms with van der Waals surface area (Å²) in [5.74, 6) is -1.42. The van der Waals surface area contributed by atoms with E-state index in [1.54, 1.807) is 6.92 Å². The minimum absolute atomic E-state index is 0.387. The van der Waals surface area contributed by atoms with Crippen LogP contribution in [0.15, 0.2) is 30.3 Å². The second kappa shape index (κ2) is 6.30. The molecular formula is C12H15NO3S. The Morgan fingerprint density at radius 1 is 1.35 bits per heavy atom. The molecule has 0 aliphatic heterocycles. The number of thioether (sulfide) groups is 1. The van der Waals surface area contributed by atoms with Crippen LogP contribution in [0.25, 0.3) is 0 Å². The Hall–Kier alpha value is -1.49. The predicted molar refractivity (Wildman–Crippen MR) is 67.8 cm³/mol. The standard InChI is InChI=1S/C12H15NO3S/c1-8(11(13)14)17-10(12(15)16)7-9-5-3-2-4-6-9/h2-6,8,10H,7H2,1H3,(H2,13,14)(H,15,16). The average Bonchev–Trinajstić information content (AvgIpc) is 2.29. The zero-order valence-electron chi connectivity index (χ0n) is 9.50. The van der Waals surface area contributed by atoms with Crippen LogP contribution in [0.3, 0.4) is 0 Å². The van der Waals surface area contributed by atoms with E-state index in [0.717, 1.165) is 17.3 Å². The van der Waals surface area contributed by atoms with Gasteiger partial charge in [-0.2, -0.15) is 0 Å². The summed E-state index contributed by atoms with van der Waals surface area (Å²) in [6.07, 6.45) is 0.387. The van der Waals surface area contributed by atoms with E-state index < -0.39 is 22.4 Å². The first-order valence-electron chi connectivity index (χ1n) is 5.22. The molecule has 4 nitrogen and oxygen atoms in total. The summed E-state index contributed by atoms with van der Waals surface area (Å²) in [6.45, 7) is 1.62. The Bertz CT molecular complexity index is 394. The smallest absolute Gasteiger partial charge is 0.316 e. The van der Waals surface area contributed by atoms with Gasteiger partial charge in [0.15, 0.2) is 0 Å². The van der Waals surface area contributed by atoms with E-state index in [9.17, 15) is 9.59 Å². The third kappa shape index (κ3) is 4.48. The van der Waals surface area contributed by atoms with Gasteiger partial charge in [0.25, 0.3) is 0 Å². The lowest BCUT2D eigenvalue weighted by molar-refractivity contribution is -0.136. The second-order valence-electron chi connectivity index (χ2n) is 3.70. The van der Waals surface area contributed by atoms with Crippen LogP contribution >= 0.6 is 11.8 Å². The van der Waals surface area contributed by atoms with Crippen molar-refractivity contribution in [3.63, 3.8) is 0 Å². The Kier molecular flexibility index (Phi) is 5.03. The molecule has 0 saturated heterocycles. The second-order valence-corrected chi connectivity index (χ2v) is 5.25. The molecular weight excluding hydrogens is 238 g/mol. The fraction of sp³-hybridized carbons (Fsp3) is 0.333. The topological polar surface area (TPSA) is 80.4 Å². The van der Waals surface area contributed by atoms with Crippen molar-refractivity contribution in [3.05, 3.63) is 35.9 Å². The van der Waals surface area contributed by atoms with Gasteiger partial charge in [-0.25, -0.2) is 0 Å². The molecule has 1 aromatic rings. The molecule has 92 valence electrons. The molecule has 2 atom stereocenters. The maximum absolute atomic E-state index is 11.1. The molecule has 0 fully saturated rings. The molecule has 0 aliphatic carbocycles. The van der Waals surface area contributed by atoms with E-state index in [1.165, 1.54) is 0 Å². The summed E-state index contributed by atoms with van der Waals surface area (Å²) in [5, 5.41) is 7.94. The monoisotopic (exact) mass is 253 g/mol. The summed E-state index contributed by atoms with van der Waals surface area (Å²) >= 11 is 1.08. The number of nitrogens with two attached hydrogens (primary N) is 1. The number of carboxylic acids is 1. The highest BCUT2D eigenvalue weighted by Gasteiger charge is 2.23. The van der Waals surface area contributed by atoms with Gasteiger partial charge in [0.2, 0.25) is 5.91 Å². The number of primary amides is 1. The van der Waals surface area contributed by atoms with Crippen LogP contribution in [-0.4, -0.2) is 27.5 Å². The third-order valence-electron chi connectivity index (χ3n) is 2.31. The van der Waals surface area contributed by atoms with Gasteiger partial charge in [-0.1, -0.05) is 30.3 Å². The molecule has 1 rings (SSSR count). The van der Waals surface area contributed by atoms with Gasteiger partial charge in [0.05, 0.1) is 5.25 Å². The fourth-order valence-corrected chi connectivity index (χ4v) is 2.37. The number of amides is 1.